The Morgan fingerprint density at radius 1 is 1.15 bits per heavy atom. The van der Waals surface area contributed by atoms with E-state index in [4.69, 9.17) is 9.47 Å². The monoisotopic (exact) mass is 371 g/mol. The molecule has 0 radical (unpaired) electrons. The Hall–Kier alpha value is -1.98. The third-order valence-electron chi connectivity index (χ3n) is 4.20. The summed E-state index contributed by atoms with van der Waals surface area (Å²) >= 11 is 1.70. The van der Waals surface area contributed by atoms with Crippen LogP contribution in [0.2, 0.25) is 0 Å². The number of nitrogens with one attached hydrogen (secondary N) is 1. The standard InChI is InChI=1S/C21H25NO3S/c23-21(22-13-7-15-24-17-8-2-1-3-9-17)19-11-4-5-12-20(19)26-16-18-10-6-14-25-18/h1-5,8-9,11-12,18H,6-7,10,13-16H2,(H,22,23). The van der Waals surface area contributed by atoms with E-state index in [2.05, 4.69) is 5.32 Å². The van der Waals surface area contributed by atoms with E-state index in [1.807, 2.05) is 54.6 Å². The molecule has 0 spiro atoms. The second-order valence-electron chi connectivity index (χ2n) is 6.21. The summed E-state index contributed by atoms with van der Waals surface area (Å²) in [6, 6.07) is 17.5. The maximum Gasteiger partial charge on any atom is 0.252 e. The lowest BCUT2D eigenvalue weighted by Crippen LogP contribution is -2.26. The highest BCUT2D eigenvalue weighted by atomic mass is 32.2. The van der Waals surface area contributed by atoms with Crippen molar-refractivity contribution in [1.29, 1.82) is 0 Å². The number of thioether (sulfide) groups is 1. The van der Waals surface area contributed by atoms with Crippen LogP contribution in [0.25, 0.3) is 0 Å². The first-order chi connectivity index (χ1) is 12.8. The van der Waals surface area contributed by atoms with Crippen molar-refractivity contribution in [1.82, 2.24) is 5.32 Å². The van der Waals surface area contributed by atoms with Gasteiger partial charge in [-0.15, -0.1) is 11.8 Å². The smallest absolute Gasteiger partial charge is 0.252 e. The van der Waals surface area contributed by atoms with Gasteiger partial charge in [-0.3, -0.25) is 4.79 Å². The molecule has 1 saturated heterocycles. The average molecular weight is 372 g/mol. The van der Waals surface area contributed by atoms with Crippen LogP contribution in [0.5, 0.6) is 5.75 Å². The zero-order valence-electron chi connectivity index (χ0n) is 14.9. The van der Waals surface area contributed by atoms with Gasteiger partial charge in [-0.1, -0.05) is 30.3 Å². The van der Waals surface area contributed by atoms with Crippen LogP contribution in [0.15, 0.2) is 59.5 Å². The molecule has 3 rings (SSSR count). The van der Waals surface area contributed by atoms with E-state index < -0.39 is 0 Å². The van der Waals surface area contributed by atoms with Gasteiger partial charge in [0.05, 0.1) is 18.3 Å². The summed E-state index contributed by atoms with van der Waals surface area (Å²) in [7, 11) is 0. The molecule has 2 aromatic rings. The van der Waals surface area contributed by atoms with Gasteiger partial charge in [0.2, 0.25) is 0 Å². The lowest BCUT2D eigenvalue weighted by atomic mass is 10.2. The van der Waals surface area contributed by atoms with Crippen LogP contribution in [0.3, 0.4) is 0 Å². The van der Waals surface area contributed by atoms with Crippen LogP contribution in [0.4, 0.5) is 0 Å². The molecule has 1 N–H and O–H groups in total. The summed E-state index contributed by atoms with van der Waals surface area (Å²) in [5, 5.41) is 2.99. The molecule has 0 saturated carbocycles. The van der Waals surface area contributed by atoms with Gasteiger partial charge in [0.1, 0.15) is 5.75 Å². The lowest BCUT2D eigenvalue weighted by molar-refractivity contribution is 0.0948. The molecular weight excluding hydrogens is 346 g/mol. The average Bonchev–Trinajstić information content (AvgIpc) is 3.20. The van der Waals surface area contributed by atoms with Gasteiger partial charge in [0, 0.05) is 23.8 Å². The number of amides is 1. The molecule has 1 unspecified atom stereocenters. The Morgan fingerprint density at radius 2 is 1.96 bits per heavy atom. The van der Waals surface area contributed by atoms with Gasteiger partial charge < -0.3 is 14.8 Å². The molecule has 0 aromatic heterocycles. The summed E-state index contributed by atoms with van der Waals surface area (Å²) in [5.41, 5.74) is 0.736. The van der Waals surface area contributed by atoms with Crippen LogP contribution in [-0.4, -0.2) is 37.5 Å². The van der Waals surface area contributed by atoms with Crippen LogP contribution >= 0.6 is 11.8 Å². The van der Waals surface area contributed by atoms with Crippen LogP contribution in [0, 0.1) is 0 Å². The van der Waals surface area contributed by atoms with Gasteiger partial charge in [-0.05, 0) is 43.5 Å². The predicted octanol–water partition coefficient (Wildman–Crippen LogP) is 4.16. The Labute approximate surface area is 159 Å². The number of hydrogen-bond donors (Lipinski definition) is 1. The summed E-state index contributed by atoms with van der Waals surface area (Å²) in [4.78, 5) is 13.5. The quantitative estimate of drug-likeness (QED) is 0.531. The molecule has 4 nitrogen and oxygen atoms in total. The molecule has 1 aliphatic rings. The zero-order chi connectivity index (χ0) is 18.0. The van der Waals surface area contributed by atoms with Gasteiger partial charge in [-0.25, -0.2) is 0 Å². The number of rotatable bonds is 9. The van der Waals surface area contributed by atoms with Crippen molar-refractivity contribution >= 4 is 17.7 Å². The second kappa shape index (κ2) is 10.2. The van der Waals surface area contributed by atoms with Crippen molar-refractivity contribution in [3.63, 3.8) is 0 Å². The third kappa shape index (κ3) is 5.78. The minimum atomic E-state index is -0.0276. The van der Waals surface area contributed by atoms with Gasteiger partial charge in [0.15, 0.2) is 0 Å². The van der Waals surface area contributed by atoms with Crippen LogP contribution in [0.1, 0.15) is 29.6 Å². The first-order valence-electron chi connectivity index (χ1n) is 9.12. The Morgan fingerprint density at radius 3 is 2.77 bits per heavy atom. The molecule has 26 heavy (non-hydrogen) atoms. The number of carbonyl (C=O) groups excluding carboxylic acids is 1. The molecule has 1 atom stereocenters. The molecule has 2 aromatic carbocycles. The summed E-state index contributed by atoms with van der Waals surface area (Å²) in [6.45, 7) is 2.04. The van der Waals surface area contributed by atoms with Crippen molar-refractivity contribution in [3.05, 3.63) is 60.2 Å². The summed E-state index contributed by atoms with van der Waals surface area (Å²) in [6.07, 6.45) is 3.33. The molecule has 138 valence electrons. The minimum absolute atomic E-state index is 0.0276. The maximum absolute atomic E-state index is 12.5. The normalized spacial score (nSPS) is 16.4. The topological polar surface area (TPSA) is 47.6 Å². The largest absolute Gasteiger partial charge is 0.494 e. The van der Waals surface area contributed by atoms with Crippen molar-refractivity contribution in [2.45, 2.75) is 30.3 Å². The van der Waals surface area contributed by atoms with E-state index in [0.29, 0.717) is 19.3 Å². The van der Waals surface area contributed by atoms with E-state index in [-0.39, 0.29) is 5.91 Å². The molecule has 1 amide bonds. The van der Waals surface area contributed by atoms with Gasteiger partial charge in [-0.2, -0.15) is 0 Å². The highest BCUT2D eigenvalue weighted by molar-refractivity contribution is 7.99. The Kier molecular flexibility index (Phi) is 7.40. The number of carbonyl (C=O) groups is 1. The number of hydrogen-bond acceptors (Lipinski definition) is 4. The van der Waals surface area contributed by atoms with Crippen molar-refractivity contribution < 1.29 is 14.3 Å². The fourth-order valence-corrected chi connectivity index (χ4v) is 3.93. The van der Waals surface area contributed by atoms with Crippen LogP contribution in [-0.2, 0) is 4.74 Å². The molecular formula is C21H25NO3S. The fraction of sp³-hybridized carbons (Fsp3) is 0.381. The summed E-state index contributed by atoms with van der Waals surface area (Å²) < 4.78 is 11.3. The highest BCUT2D eigenvalue weighted by Gasteiger charge is 2.17. The third-order valence-corrected chi connectivity index (χ3v) is 5.40. The second-order valence-corrected chi connectivity index (χ2v) is 7.27. The molecule has 5 heteroatoms. The van der Waals surface area contributed by atoms with E-state index in [1.165, 1.54) is 0 Å². The van der Waals surface area contributed by atoms with Crippen molar-refractivity contribution in [3.8, 4) is 5.75 Å². The zero-order valence-corrected chi connectivity index (χ0v) is 15.7. The van der Waals surface area contributed by atoms with Crippen LogP contribution < -0.4 is 10.1 Å². The number of benzene rings is 2. The maximum atomic E-state index is 12.5. The Balaban J connectivity index is 1.42. The molecule has 1 fully saturated rings. The minimum Gasteiger partial charge on any atom is -0.494 e. The number of ether oxygens (including phenoxy) is 2. The van der Waals surface area contributed by atoms with Gasteiger partial charge in [0.25, 0.3) is 5.91 Å². The molecule has 1 heterocycles. The van der Waals surface area contributed by atoms with E-state index in [9.17, 15) is 4.79 Å². The van der Waals surface area contributed by atoms with Crippen molar-refractivity contribution in [2.75, 3.05) is 25.5 Å². The molecule has 1 aliphatic heterocycles. The SMILES string of the molecule is O=C(NCCCOc1ccccc1)c1ccccc1SCC1CCCO1. The Bertz CT molecular complexity index is 687. The number of para-hydroxylation sites is 1. The van der Waals surface area contributed by atoms with E-state index in [0.717, 1.165) is 47.8 Å². The lowest BCUT2D eigenvalue weighted by Gasteiger charge is -2.12. The molecule has 0 bridgehead atoms. The first-order valence-corrected chi connectivity index (χ1v) is 10.1. The van der Waals surface area contributed by atoms with Crippen molar-refractivity contribution in [2.24, 2.45) is 0 Å². The van der Waals surface area contributed by atoms with E-state index >= 15 is 0 Å². The highest BCUT2D eigenvalue weighted by Crippen LogP contribution is 2.26. The summed E-state index contributed by atoms with van der Waals surface area (Å²) in [5.74, 6) is 1.73. The van der Waals surface area contributed by atoms with E-state index in [1.54, 1.807) is 11.8 Å². The molecule has 0 aliphatic carbocycles. The fourth-order valence-electron chi connectivity index (χ4n) is 2.81. The predicted molar refractivity (Wildman–Crippen MR) is 105 cm³/mol. The van der Waals surface area contributed by atoms with Gasteiger partial charge >= 0.3 is 0 Å². The first kappa shape index (κ1) is 18.8.